The summed E-state index contributed by atoms with van der Waals surface area (Å²) in [6, 6.07) is 19.0. The molecule has 0 bridgehead atoms. The van der Waals surface area contributed by atoms with E-state index in [4.69, 9.17) is 9.47 Å². The SMILES string of the molecule is C=C(CCCC)/C(C)=C1/CC(C(=O)OCc2ccccc2)(C(=O)OCc2ccccc2)CC1C. The van der Waals surface area contributed by atoms with Crippen molar-refractivity contribution in [2.24, 2.45) is 11.3 Å². The first-order valence-corrected chi connectivity index (χ1v) is 12.2. The fraction of sp³-hybridized carbons (Fsp3) is 0.400. The lowest BCUT2D eigenvalue weighted by atomic mass is 9.85. The lowest BCUT2D eigenvalue weighted by Gasteiger charge is -2.25. The molecule has 0 saturated heterocycles. The number of esters is 2. The maximum atomic E-state index is 13.5. The zero-order valence-electron chi connectivity index (χ0n) is 20.6. The smallest absolute Gasteiger partial charge is 0.324 e. The molecule has 0 spiro atoms. The molecule has 1 unspecified atom stereocenters. The molecule has 4 nitrogen and oxygen atoms in total. The van der Waals surface area contributed by atoms with Gasteiger partial charge in [-0.25, -0.2) is 0 Å². The molecule has 3 rings (SSSR count). The molecule has 0 amide bonds. The van der Waals surface area contributed by atoms with Crippen LogP contribution in [0.1, 0.15) is 64.0 Å². The Hall–Kier alpha value is -3.14. The molecule has 0 radical (unpaired) electrons. The highest BCUT2D eigenvalue weighted by Gasteiger charge is 2.55. The van der Waals surface area contributed by atoms with E-state index in [2.05, 4.69) is 27.4 Å². The van der Waals surface area contributed by atoms with Gasteiger partial charge >= 0.3 is 11.9 Å². The Kier molecular flexibility index (Phi) is 8.86. The predicted octanol–water partition coefficient (Wildman–Crippen LogP) is 6.95. The van der Waals surface area contributed by atoms with E-state index in [0.29, 0.717) is 12.8 Å². The van der Waals surface area contributed by atoms with E-state index in [-0.39, 0.29) is 19.1 Å². The molecule has 4 heteroatoms. The minimum absolute atomic E-state index is 0.0620. The Morgan fingerprint density at radius 3 is 1.91 bits per heavy atom. The topological polar surface area (TPSA) is 52.6 Å². The average Bonchev–Trinajstić information content (AvgIpc) is 3.23. The van der Waals surface area contributed by atoms with Gasteiger partial charge in [0.25, 0.3) is 0 Å². The zero-order chi connectivity index (χ0) is 24.6. The first kappa shape index (κ1) is 25.5. The normalized spacial score (nSPS) is 18.3. The van der Waals surface area contributed by atoms with Crippen LogP contribution in [0, 0.1) is 11.3 Å². The van der Waals surface area contributed by atoms with Gasteiger partial charge in [-0.1, -0.05) is 98.7 Å². The molecule has 1 aliphatic carbocycles. The quantitative estimate of drug-likeness (QED) is 0.284. The number of benzene rings is 2. The van der Waals surface area contributed by atoms with Crippen LogP contribution in [0.4, 0.5) is 0 Å². The number of carbonyl (C=O) groups excluding carboxylic acids is 2. The van der Waals surface area contributed by atoms with Crippen LogP contribution in [0.3, 0.4) is 0 Å². The van der Waals surface area contributed by atoms with Gasteiger partial charge in [-0.3, -0.25) is 9.59 Å². The third-order valence-corrected chi connectivity index (χ3v) is 6.79. The van der Waals surface area contributed by atoms with Crippen LogP contribution in [0.25, 0.3) is 0 Å². The standard InChI is InChI=1S/C30H36O4/c1-5-6-13-22(2)24(4)27-19-30(18-23(27)3,28(31)33-20-25-14-9-7-10-15-25)29(32)34-21-26-16-11-8-12-17-26/h7-12,14-17,23H,2,5-6,13,18-21H2,1,3-4H3/b27-24-. The van der Waals surface area contributed by atoms with Crippen molar-refractivity contribution in [1.29, 1.82) is 0 Å². The van der Waals surface area contributed by atoms with Gasteiger partial charge in [-0.05, 0) is 55.2 Å². The summed E-state index contributed by atoms with van der Waals surface area (Å²) in [7, 11) is 0. The Morgan fingerprint density at radius 1 is 0.941 bits per heavy atom. The van der Waals surface area contributed by atoms with E-state index in [0.717, 1.165) is 47.1 Å². The highest BCUT2D eigenvalue weighted by molar-refractivity contribution is 6.01. The van der Waals surface area contributed by atoms with Crippen molar-refractivity contribution >= 4 is 11.9 Å². The monoisotopic (exact) mass is 460 g/mol. The Balaban J connectivity index is 1.84. The molecule has 1 atom stereocenters. The van der Waals surface area contributed by atoms with Gasteiger partial charge in [0.15, 0.2) is 5.41 Å². The Morgan fingerprint density at radius 2 is 1.44 bits per heavy atom. The summed E-state index contributed by atoms with van der Waals surface area (Å²) < 4.78 is 11.4. The maximum absolute atomic E-state index is 13.5. The summed E-state index contributed by atoms with van der Waals surface area (Å²) in [5.74, 6) is -0.960. The molecule has 1 saturated carbocycles. The zero-order valence-corrected chi connectivity index (χ0v) is 20.6. The largest absolute Gasteiger partial charge is 0.460 e. The third-order valence-electron chi connectivity index (χ3n) is 6.79. The molecule has 0 heterocycles. The fourth-order valence-corrected chi connectivity index (χ4v) is 4.64. The van der Waals surface area contributed by atoms with E-state index in [1.165, 1.54) is 0 Å². The molecule has 180 valence electrons. The number of hydrogen-bond acceptors (Lipinski definition) is 4. The van der Waals surface area contributed by atoms with Gasteiger partial charge in [0.05, 0.1) is 0 Å². The number of allylic oxidation sites excluding steroid dienone is 3. The van der Waals surface area contributed by atoms with Crippen LogP contribution in [0.15, 0.2) is 84.0 Å². The second-order valence-electron chi connectivity index (χ2n) is 9.34. The highest BCUT2D eigenvalue weighted by atomic mass is 16.6. The summed E-state index contributed by atoms with van der Waals surface area (Å²) in [6.07, 6.45) is 3.77. The van der Waals surface area contributed by atoms with Crippen LogP contribution >= 0.6 is 0 Å². The summed E-state index contributed by atoms with van der Waals surface area (Å²) in [5.41, 5.74) is 3.72. The van der Waals surface area contributed by atoms with Gasteiger partial charge in [-0.2, -0.15) is 0 Å². The molecule has 0 aromatic heterocycles. The lowest BCUT2D eigenvalue weighted by molar-refractivity contribution is -0.174. The van der Waals surface area contributed by atoms with E-state index < -0.39 is 17.4 Å². The van der Waals surface area contributed by atoms with Crippen molar-refractivity contribution in [3.05, 3.63) is 95.1 Å². The third kappa shape index (κ3) is 6.05. The number of hydrogen-bond donors (Lipinski definition) is 0. The average molecular weight is 461 g/mol. The van der Waals surface area contributed by atoms with E-state index in [9.17, 15) is 9.59 Å². The molecule has 2 aromatic carbocycles. The van der Waals surface area contributed by atoms with E-state index in [1.54, 1.807) is 0 Å². The van der Waals surface area contributed by atoms with Crippen molar-refractivity contribution in [3.63, 3.8) is 0 Å². The molecule has 2 aromatic rings. The minimum atomic E-state index is -1.34. The van der Waals surface area contributed by atoms with Gasteiger partial charge in [0.1, 0.15) is 13.2 Å². The molecular weight excluding hydrogens is 424 g/mol. The van der Waals surface area contributed by atoms with E-state index in [1.807, 2.05) is 60.7 Å². The molecular formula is C30H36O4. The second kappa shape index (κ2) is 11.8. The first-order valence-electron chi connectivity index (χ1n) is 12.2. The van der Waals surface area contributed by atoms with Crippen molar-refractivity contribution in [1.82, 2.24) is 0 Å². The lowest BCUT2D eigenvalue weighted by Crippen LogP contribution is -2.40. The molecule has 1 fully saturated rings. The predicted molar refractivity (Wildman–Crippen MR) is 135 cm³/mol. The van der Waals surface area contributed by atoms with Crippen LogP contribution in [0.2, 0.25) is 0 Å². The molecule has 1 aliphatic rings. The summed E-state index contributed by atoms with van der Waals surface area (Å²) in [6.45, 7) is 10.8. The molecule has 0 aliphatic heterocycles. The summed E-state index contributed by atoms with van der Waals surface area (Å²) in [4.78, 5) is 27.0. The van der Waals surface area contributed by atoms with Gasteiger partial charge in [-0.15, -0.1) is 0 Å². The Bertz CT molecular complexity index is 965. The van der Waals surface area contributed by atoms with Crippen molar-refractivity contribution in [3.8, 4) is 0 Å². The highest BCUT2D eigenvalue weighted by Crippen LogP contribution is 2.49. The van der Waals surface area contributed by atoms with Crippen LogP contribution in [0.5, 0.6) is 0 Å². The van der Waals surface area contributed by atoms with Crippen molar-refractivity contribution in [2.75, 3.05) is 0 Å². The van der Waals surface area contributed by atoms with Crippen LogP contribution in [-0.4, -0.2) is 11.9 Å². The number of ether oxygens (including phenoxy) is 2. The first-order chi connectivity index (χ1) is 16.4. The van der Waals surface area contributed by atoms with Gasteiger partial charge < -0.3 is 9.47 Å². The second-order valence-corrected chi connectivity index (χ2v) is 9.34. The van der Waals surface area contributed by atoms with Crippen molar-refractivity contribution < 1.29 is 19.1 Å². The molecule has 0 N–H and O–H groups in total. The van der Waals surface area contributed by atoms with Crippen molar-refractivity contribution in [2.45, 2.75) is 66.1 Å². The minimum Gasteiger partial charge on any atom is -0.460 e. The number of unbranched alkanes of at least 4 members (excludes halogenated alkanes) is 1. The summed E-state index contributed by atoms with van der Waals surface area (Å²) >= 11 is 0. The number of carbonyl (C=O) groups is 2. The number of rotatable bonds is 10. The molecule has 34 heavy (non-hydrogen) atoms. The van der Waals surface area contributed by atoms with Gasteiger partial charge in [0, 0.05) is 0 Å². The summed E-state index contributed by atoms with van der Waals surface area (Å²) in [5, 5.41) is 0. The fourth-order valence-electron chi connectivity index (χ4n) is 4.64. The Labute approximate surface area is 203 Å². The van der Waals surface area contributed by atoms with Gasteiger partial charge in [0.2, 0.25) is 0 Å². The van der Waals surface area contributed by atoms with Crippen LogP contribution < -0.4 is 0 Å². The maximum Gasteiger partial charge on any atom is 0.324 e. The van der Waals surface area contributed by atoms with E-state index >= 15 is 0 Å². The van der Waals surface area contributed by atoms with Crippen LogP contribution in [-0.2, 0) is 32.3 Å².